The van der Waals surface area contributed by atoms with Gasteiger partial charge in [-0.15, -0.1) is 0 Å². The van der Waals surface area contributed by atoms with Crippen LogP contribution in [0, 0.1) is 17.8 Å². The van der Waals surface area contributed by atoms with Gasteiger partial charge in [-0.3, -0.25) is 14.5 Å². The fourth-order valence-electron chi connectivity index (χ4n) is 11.6. The van der Waals surface area contributed by atoms with Crippen molar-refractivity contribution in [2.45, 2.75) is 205 Å². The second kappa shape index (κ2) is 26.9. The summed E-state index contributed by atoms with van der Waals surface area (Å²) < 4.78 is 43.5. The molecule has 5 rings (SSSR count). The molecule has 0 aromatic heterocycles. The minimum atomic E-state index is -1.98. The number of urea groups is 1. The Kier molecular flexibility index (Phi) is 22.3. The number of cyclic esters (lactones) is 1. The maximum atomic E-state index is 14.7. The summed E-state index contributed by atoms with van der Waals surface area (Å²) in [4.78, 5) is 46.8. The van der Waals surface area contributed by atoms with Crippen LogP contribution in [0.15, 0.2) is 42.5 Å². The van der Waals surface area contributed by atoms with E-state index < -0.39 is 108 Å². The van der Waals surface area contributed by atoms with Crippen LogP contribution in [0.25, 0.3) is 10.8 Å². The molecule has 6 N–H and O–H groups in total. The number of nitrogens with zero attached hydrogens (tertiary/aromatic N) is 3. The van der Waals surface area contributed by atoms with Crippen molar-refractivity contribution in [3.05, 3.63) is 42.5 Å². The Labute approximate surface area is 445 Å². The van der Waals surface area contributed by atoms with Gasteiger partial charge in [-0.25, -0.2) is 4.79 Å². The number of carbonyl (C=O) groups excluding carboxylic acids is 3. The van der Waals surface area contributed by atoms with E-state index in [-0.39, 0.29) is 70.0 Å². The van der Waals surface area contributed by atoms with Crippen LogP contribution in [-0.2, 0) is 42.7 Å². The van der Waals surface area contributed by atoms with Gasteiger partial charge in [0.2, 0.25) is 0 Å². The first-order valence-corrected chi connectivity index (χ1v) is 27.1. The Morgan fingerprint density at radius 1 is 0.893 bits per heavy atom. The summed E-state index contributed by atoms with van der Waals surface area (Å²) in [7, 11) is 5.23. The van der Waals surface area contributed by atoms with Crippen molar-refractivity contribution >= 4 is 34.4 Å². The number of benzene rings is 2. The van der Waals surface area contributed by atoms with Crippen LogP contribution in [0.2, 0.25) is 0 Å². The molecule has 0 saturated carbocycles. The third-order valence-corrected chi connectivity index (χ3v) is 16.1. The zero-order valence-electron chi connectivity index (χ0n) is 47.1. The highest BCUT2D eigenvalue weighted by Gasteiger charge is 2.53. The van der Waals surface area contributed by atoms with E-state index in [4.69, 9.17) is 33.2 Å². The summed E-state index contributed by atoms with van der Waals surface area (Å²) in [5, 5.41) is 65.6. The highest BCUT2D eigenvalue weighted by Crippen LogP contribution is 2.40. The number of esters is 2. The van der Waals surface area contributed by atoms with E-state index in [1.54, 1.807) is 60.3 Å². The normalized spacial score (nSPS) is 37.8. The number of likely N-dealkylation sites (N-methyl/N-ethyl adjacent to an activating group) is 1. The maximum absolute atomic E-state index is 14.7. The lowest BCUT2D eigenvalue weighted by Crippen LogP contribution is -2.60. The first-order valence-electron chi connectivity index (χ1n) is 27.1. The molecule has 3 aliphatic heterocycles. The van der Waals surface area contributed by atoms with Gasteiger partial charge in [0.05, 0.1) is 54.6 Å². The Bertz CT molecular complexity index is 2150. The second-order valence-corrected chi connectivity index (χ2v) is 22.6. The van der Waals surface area contributed by atoms with Crippen molar-refractivity contribution < 1.29 is 73.1 Å². The molecule has 75 heavy (non-hydrogen) atoms. The van der Waals surface area contributed by atoms with Crippen molar-refractivity contribution in [1.29, 1.82) is 0 Å². The molecule has 3 saturated heterocycles. The molecule has 3 aliphatic rings. The zero-order valence-corrected chi connectivity index (χ0v) is 47.1. The second-order valence-electron chi connectivity index (χ2n) is 22.6. The quantitative estimate of drug-likeness (QED) is 0.117. The molecule has 0 radical (unpaired) electrons. The Hall–Kier alpha value is -3.57. The fourth-order valence-corrected chi connectivity index (χ4v) is 11.6. The molecule has 0 aliphatic carbocycles. The summed E-state index contributed by atoms with van der Waals surface area (Å²) in [5.74, 6) is -3.49. The molecule has 19 nitrogen and oxygen atoms in total. The molecule has 0 unspecified atom stereocenters. The lowest BCUT2D eigenvalue weighted by molar-refractivity contribution is -0.318. The first kappa shape index (κ1) is 62.3. The average molecular weight is 1060 g/mol. The molecule has 19 heteroatoms. The van der Waals surface area contributed by atoms with E-state index in [2.05, 4.69) is 5.32 Å². The molecule has 0 spiro atoms. The van der Waals surface area contributed by atoms with E-state index in [9.17, 15) is 39.9 Å². The standard InChI is InChI=1S/C56H92N4O15/c1-15-43-56(11,68)48(63)37(7)60(26-19-25-59(27-24-44(61)70-16-2)53(66)57-41-23-22-39-20-17-18-21-40(39)29-41)32-33(3)30-54(9,67)50(75-52-46(62)42(58(12)13)28-34(4)71-52)35(5)47(36(6)51(65)73-43)74-45-31-55(10,69-14)49(64)38(8)72-45/h17-18,20-23,29,33-38,42-43,45-50,52,62-64,67-68H,15-16,19,24-28,30-32H2,1-14H3,(H,57,66)/t33-,34-,35+,36-,37-,38+,42+,43-,45+,46-,47+,48-,49+,50-,52+,54-,55-,56-/m1/s1. The largest absolute Gasteiger partial charge is 0.466 e. The monoisotopic (exact) mass is 1060 g/mol. The van der Waals surface area contributed by atoms with Crippen LogP contribution in [-0.4, -0.2) is 202 Å². The van der Waals surface area contributed by atoms with Crippen molar-refractivity contribution in [3.63, 3.8) is 0 Å². The smallest absolute Gasteiger partial charge is 0.321 e. The Balaban J connectivity index is 1.52. The molecule has 426 valence electrons. The minimum absolute atomic E-state index is 0.0315. The number of carbonyl (C=O) groups is 3. The fraction of sp³-hybridized carbons (Fsp3) is 0.768. The van der Waals surface area contributed by atoms with Gasteiger partial charge in [0.25, 0.3) is 0 Å². The highest BCUT2D eigenvalue weighted by atomic mass is 16.7. The van der Waals surface area contributed by atoms with Crippen molar-refractivity contribution in [1.82, 2.24) is 14.7 Å². The number of aliphatic hydroxyl groups excluding tert-OH is 3. The van der Waals surface area contributed by atoms with Gasteiger partial charge >= 0.3 is 18.0 Å². The number of fused-ring (bicyclic) bond motifs is 1. The Morgan fingerprint density at radius 2 is 1.57 bits per heavy atom. The molecule has 0 bridgehead atoms. The van der Waals surface area contributed by atoms with Crippen LogP contribution in [0.1, 0.15) is 115 Å². The molecular weight excluding hydrogens is 969 g/mol. The molecule has 2 aromatic rings. The van der Waals surface area contributed by atoms with Gasteiger partial charge < -0.3 is 73.8 Å². The lowest BCUT2D eigenvalue weighted by Gasteiger charge is -2.48. The molecule has 2 aromatic carbocycles. The van der Waals surface area contributed by atoms with Crippen LogP contribution in [0.4, 0.5) is 10.5 Å². The van der Waals surface area contributed by atoms with E-state index in [1.165, 1.54) is 14.0 Å². The van der Waals surface area contributed by atoms with Gasteiger partial charge in [-0.1, -0.05) is 51.1 Å². The SMILES string of the molecule is CCOC(=O)CCN(CCCN1C[C@H](C)C[C@@](C)(O)[C@H](O[C@@H]2O[C@H](C)C[C@H](N(C)C)[C@H]2O)[C@@H](C)[C@H](O[C@H]2C[C@@](C)(OC)[C@@H](O)[C@H](C)O2)[C@@H](C)C(=O)O[C@H](CC)[C@@](C)(O)[C@H](O)[C@H]1C)C(=O)Nc1ccc2ccccc2c1. The van der Waals surface area contributed by atoms with Gasteiger partial charge in [0.15, 0.2) is 12.6 Å². The number of ether oxygens (including phenoxy) is 7. The van der Waals surface area contributed by atoms with Crippen molar-refractivity contribution in [2.75, 3.05) is 59.3 Å². The molecular formula is C56H92N4O15. The molecule has 18 atom stereocenters. The van der Waals surface area contributed by atoms with Gasteiger partial charge in [0, 0.05) is 63.4 Å². The number of methoxy groups -OCH3 is 1. The van der Waals surface area contributed by atoms with Crippen LogP contribution >= 0.6 is 0 Å². The van der Waals surface area contributed by atoms with E-state index in [1.807, 2.05) is 80.2 Å². The highest BCUT2D eigenvalue weighted by molar-refractivity contribution is 5.93. The lowest BCUT2D eigenvalue weighted by atomic mass is 9.77. The number of hydrogen-bond donors (Lipinski definition) is 6. The number of hydrogen-bond acceptors (Lipinski definition) is 17. The number of amides is 2. The van der Waals surface area contributed by atoms with E-state index in [0.29, 0.717) is 25.1 Å². The van der Waals surface area contributed by atoms with Gasteiger partial charge in [-0.05, 0) is 124 Å². The van der Waals surface area contributed by atoms with E-state index in [0.717, 1.165) is 10.8 Å². The van der Waals surface area contributed by atoms with E-state index >= 15 is 0 Å². The van der Waals surface area contributed by atoms with Gasteiger partial charge in [-0.2, -0.15) is 0 Å². The molecule has 2 amide bonds. The summed E-state index contributed by atoms with van der Waals surface area (Å²) in [6.07, 6.45) is -9.19. The maximum Gasteiger partial charge on any atom is 0.321 e. The summed E-state index contributed by atoms with van der Waals surface area (Å²) >= 11 is 0. The number of nitrogens with one attached hydrogen (secondary N) is 1. The first-order chi connectivity index (χ1) is 35.2. The van der Waals surface area contributed by atoms with Crippen LogP contribution < -0.4 is 5.32 Å². The number of anilines is 1. The third-order valence-electron chi connectivity index (χ3n) is 16.1. The topological polar surface area (TPSA) is 239 Å². The number of rotatable bonds is 16. The predicted octanol–water partition coefficient (Wildman–Crippen LogP) is 5.30. The van der Waals surface area contributed by atoms with Crippen LogP contribution in [0.5, 0.6) is 0 Å². The van der Waals surface area contributed by atoms with Gasteiger partial charge in [0.1, 0.15) is 30.0 Å². The summed E-state index contributed by atoms with van der Waals surface area (Å²) in [6.45, 7) is 20.1. The summed E-state index contributed by atoms with van der Waals surface area (Å²) in [6, 6.07) is 11.9. The zero-order chi connectivity index (χ0) is 55.7. The van der Waals surface area contributed by atoms with Crippen LogP contribution in [0.3, 0.4) is 0 Å². The predicted molar refractivity (Wildman–Crippen MR) is 284 cm³/mol. The Morgan fingerprint density at radius 3 is 2.21 bits per heavy atom. The number of aliphatic hydroxyl groups is 5. The average Bonchev–Trinajstić information content (AvgIpc) is 3.35. The summed E-state index contributed by atoms with van der Waals surface area (Å²) in [5.41, 5.74) is -4.20. The third kappa shape index (κ3) is 15.6. The van der Waals surface area contributed by atoms with Crippen molar-refractivity contribution in [2.24, 2.45) is 17.8 Å². The molecule has 3 heterocycles. The molecule has 3 fully saturated rings. The van der Waals surface area contributed by atoms with Crippen molar-refractivity contribution in [3.8, 4) is 0 Å². The minimum Gasteiger partial charge on any atom is -0.466 e.